The molecule has 0 unspecified atom stereocenters. The first-order chi connectivity index (χ1) is 10.2. The van der Waals surface area contributed by atoms with Crippen LogP contribution in [0.2, 0.25) is 0 Å². The van der Waals surface area contributed by atoms with Crippen molar-refractivity contribution >= 4 is 17.2 Å². The standard InChI is InChI=1S/C15H19N3O2S/c1-16-8-3-9-17-14(19)13-10-21-15(18-13)11-4-6-12(20-2)7-5-11/h4-7,10,16H,3,8-9H2,1-2H3,(H,17,19). The second-order valence-corrected chi connectivity index (χ2v) is 5.34. The Kier molecular flexibility index (Phi) is 5.71. The van der Waals surface area contributed by atoms with Gasteiger partial charge in [-0.1, -0.05) is 0 Å². The number of thiazole rings is 1. The van der Waals surface area contributed by atoms with E-state index in [0.717, 1.165) is 29.3 Å². The number of ether oxygens (including phenoxy) is 1. The molecule has 1 aromatic heterocycles. The topological polar surface area (TPSA) is 63.2 Å². The number of hydrogen-bond acceptors (Lipinski definition) is 5. The number of carbonyl (C=O) groups is 1. The van der Waals surface area contributed by atoms with E-state index in [1.54, 1.807) is 12.5 Å². The molecular formula is C15H19N3O2S. The van der Waals surface area contributed by atoms with Crippen molar-refractivity contribution in [1.82, 2.24) is 15.6 Å². The quantitative estimate of drug-likeness (QED) is 0.770. The summed E-state index contributed by atoms with van der Waals surface area (Å²) in [5.41, 5.74) is 1.45. The first-order valence-corrected chi connectivity index (χ1v) is 7.65. The lowest BCUT2D eigenvalue weighted by Gasteiger charge is -2.02. The monoisotopic (exact) mass is 305 g/mol. The van der Waals surface area contributed by atoms with E-state index in [9.17, 15) is 4.79 Å². The van der Waals surface area contributed by atoms with Crippen LogP contribution in [0.3, 0.4) is 0 Å². The molecular weight excluding hydrogens is 286 g/mol. The zero-order valence-corrected chi connectivity index (χ0v) is 13.0. The minimum absolute atomic E-state index is 0.123. The molecule has 0 aliphatic heterocycles. The molecule has 1 aromatic carbocycles. The average Bonchev–Trinajstić information content (AvgIpc) is 3.01. The van der Waals surface area contributed by atoms with Crippen molar-refractivity contribution in [1.29, 1.82) is 0 Å². The molecule has 5 nitrogen and oxygen atoms in total. The van der Waals surface area contributed by atoms with Crippen molar-refractivity contribution in [2.45, 2.75) is 6.42 Å². The molecule has 1 amide bonds. The number of nitrogens with one attached hydrogen (secondary N) is 2. The molecule has 21 heavy (non-hydrogen) atoms. The predicted molar refractivity (Wildman–Crippen MR) is 85.0 cm³/mol. The summed E-state index contributed by atoms with van der Waals surface area (Å²) >= 11 is 1.46. The zero-order valence-electron chi connectivity index (χ0n) is 12.2. The van der Waals surface area contributed by atoms with E-state index >= 15 is 0 Å². The number of aromatic nitrogens is 1. The van der Waals surface area contributed by atoms with Crippen LogP contribution in [0, 0.1) is 0 Å². The van der Waals surface area contributed by atoms with Crippen molar-refractivity contribution in [3.05, 3.63) is 35.3 Å². The van der Waals surface area contributed by atoms with Gasteiger partial charge in [0.2, 0.25) is 0 Å². The molecule has 2 aromatic rings. The van der Waals surface area contributed by atoms with E-state index in [0.29, 0.717) is 12.2 Å². The van der Waals surface area contributed by atoms with E-state index in [4.69, 9.17) is 4.74 Å². The molecule has 0 saturated carbocycles. The molecule has 112 valence electrons. The Morgan fingerprint density at radius 2 is 2.05 bits per heavy atom. The highest BCUT2D eigenvalue weighted by molar-refractivity contribution is 7.13. The van der Waals surface area contributed by atoms with Gasteiger partial charge in [-0.05, 0) is 44.3 Å². The van der Waals surface area contributed by atoms with E-state index in [1.807, 2.05) is 31.3 Å². The summed E-state index contributed by atoms with van der Waals surface area (Å²) in [6.45, 7) is 1.53. The maximum atomic E-state index is 11.9. The number of hydrogen-bond donors (Lipinski definition) is 2. The Bertz CT molecular complexity index is 581. The van der Waals surface area contributed by atoms with Crippen LogP contribution in [-0.2, 0) is 0 Å². The molecule has 0 bridgehead atoms. The van der Waals surface area contributed by atoms with Gasteiger partial charge in [-0.15, -0.1) is 11.3 Å². The number of nitrogens with zero attached hydrogens (tertiary/aromatic N) is 1. The van der Waals surface area contributed by atoms with Gasteiger partial charge >= 0.3 is 0 Å². The van der Waals surface area contributed by atoms with Gasteiger partial charge in [0.25, 0.3) is 5.91 Å². The van der Waals surface area contributed by atoms with E-state index in [-0.39, 0.29) is 5.91 Å². The maximum absolute atomic E-state index is 11.9. The summed E-state index contributed by atoms with van der Waals surface area (Å²) in [6, 6.07) is 7.64. The summed E-state index contributed by atoms with van der Waals surface area (Å²) in [7, 11) is 3.53. The minimum atomic E-state index is -0.123. The van der Waals surface area contributed by atoms with E-state index in [1.165, 1.54) is 11.3 Å². The summed E-state index contributed by atoms with van der Waals surface area (Å²) in [6.07, 6.45) is 0.901. The molecule has 0 atom stereocenters. The average molecular weight is 305 g/mol. The number of methoxy groups -OCH3 is 1. The van der Waals surface area contributed by atoms with Crippen LogP contribution < -0.4 is 15.4 Å². The Morgan fingerprint density at radius 1 is 1.29 bits per heavy atom. The smallest absolute Gasteiger partial charge is 0.270 e. The fraction of sp³-hybridized carbons (Fsp3) is 0.333. The molecule has 0 radical (unpaired) electrons. The summed E-state index contributed by atoms with van der Waals surface area (Å²) in [5, 5.41) is 8.52. The van der Waals surface area contributed by atoms with Crippen LogP contribution in [0.1, 0.15) is 16.9 Å². The van der Waals surface area contributed by atoms with Gasteiger partial charge < -0.3 is 15.4 Å². The summed E-state index contributed by atoms with van der Waals surface area (Å²) in [5.74, 6) is 0.680. The lowest BCUT2D eigenvalue weighted by atomic mass is 10.2. The summed E-state index contributed by atoms with van der Waals surface area (Å²) in [4.78, 5) is 16.3. The number of amides is 1. The lowest BCUT2D eigenvalue weighted by molar-refractivity contribution is 0.0949. The van der Waals surface area contributed by atoms with Crippen molar-refractivity contribution < 1.29 is 9.53 Å². The molecule has 0 saturated heterocycles. The third kappa shape index (κ3) is 4.27. The highest BCUT2D eigenvalue weighted by Gasteiger charge is 2.11. The SMILES string of the molecule is CNCCCNC(=O)c1csc(-c2ccc(OC)cc2)n1. The normalized spacial score (nSPS) is 10.4. The third-order valence-corrected chi connectivity index (χ3v) is 3.85. The van der Waals surface area contributed by atoms with Crippen molar-refractivity contribution in [2.75, 3.05) is 27.2 Å². The van der Waals surface area contributed by atoms with Gasteiger partial charge in [0.05, 0.1) is 7.11 Å². The number of carbonyl (C=O) groups excluding carboxylic acids is 1. The van der Waals surface area contributed by atoms with Crippen LogP contribution >= 0.6 is 11.3 Å². The van der Waals surface area contributed by atoms with Gasteiger partial charge in [-0.25, -0.2) is 4.98 Å². The van der Waals surface area contributed by atoms with Crippen LogP contribution in [0.15, 0.2) is 29.6 Å². The second kappa shape index (κ2) is 7.75. The second-order valence-electron chi connectivity index (χ2n) is 4.48. The molecule has 0 aliphatic carbocycles. The predicted octanol–water partition coefficient (Wildman–Crippen LogP) is 2.16. The van der Waals surface area contributed by atoms with Gasteiger partial charge in [0.15, 0.2) is 0 Å². The van der Waals surface area contributed by atoms with E-state index in [2.05, 4.69) is 15.6 Å². The molecule has 2 N–H and O–H groups in total. The lowest BCUT2D eigenvalue weighted by Crippen LogP contribution is -2.26. The van der Waals surface area contributed by atoms with Gasteiger partial charge in [0.1, 0.15) is 16.5 Å². The minimum Gasteiger partial charge on any atom is -0.497 e. The Hall–Kier alpha value is -1.92. The van der Waals surface area contributed by atoms with E-state index < -0.39 is 0 Å². The number of rotatable bonds is 7. The van der Waals surface area contributed by atoms with Crippen LogP contribution in [0.4, 0.5) is 0 Å². The van der Waals surface area contributed by atoms with Crippen molar-refractivity contribution in [3.63, 3.8) is 0 Å². The molecule has 2 rings (SSSR count). The van der Waals surface area contributed by atoms with Gasteiger partial charge in [-0.3, -0.25) is 4.79 Å². The highest BCUT2D eigenvalue weighted by atomic mass is 32.1. The zero-order chi connectivity index (χ0) is 15.1. The van der Waals surface area contributed by atoms with Crippen molar-refractivity contribution in [2.24, 2.45) is 0 Å². The van der Waals surface area contributed by atoms with Crippen LogP contribution in [0.25, 0.3) is 10.6 Å². The Balaban J connectivity index is 1.98. The molecule has 0 aliphatic rings. The fourth-order valence-electron chi connectivity index (χ4n) is 1.80. The first-order valence-electron chi connectivity index (χ1n) is 6.77. The van der Waals surface area contributed by atoms with Crippen molar-refractivity contribution in [3.8, 4) is 16.3 Å². The molecule has 6 heteroatoms. The van der Waals surface area contributed by atoms with Gasteiger partial charge in [-0.2, -0.15) is 0 Å². The third-order valence-electron chi connectivity index (χ3n) is 2.96. The Labute approximate surface area is 128 Å². The largest absolute Gasteiger partial charge is 0.497 e. The number of benzene rings is 1. The summed E-state index contributed by atoms with van der Waals surface area (Å²) < 4.78 is 5.13. The molecule has 0 spiro atoms. The highest BCUT2D eigenvalue weighted by Crippen LogP contribution is 2.25. The van der Waals surface area contributed by atoms with Crippen LogP contribution in [-0.4, -0.2) is 38.1 Å². The maximum Gasteiger partial charge on any atom is 0.270 e. The fourth-order valence-corrected chi connectivity index (χ4v) is 2.61. The molecule has 1 heterocycles. The molecule has 0 fully saturated rings. The van der Waals surface area contributed by atoms with Gasteiger partial charge in [0, 0.05) is 17.5 Å². The Morgan fingerprint density at radius 3 is 2.71 bits per heavy atom. The van der Waals surface area contributed by atoms with Crippen LogP contribution in [0.5, 0.6) is 5.75 Å². The first kappa shape index (κ1) is 15.5.